The Hall–Kier alpha value is -3.04. The lowest BCUT2D eigenvalue weighted by molar-refractivity contribution is -0.111. The lowest BCUT2D eigenvalue weighted by atomic mass is 10.2. The molecule has 0 atom stereocenters. The van der Waals surface area contributed by atoms with Gasteiger partial charge in [-0.1, -0.05) is 48.0 Å². The monoisotopic (exact) mass is 348 g/mol. The zero-order valence-electron chi connectivity index (χ0n) is 13.4. The Morgan fingerprint density at radius 3 is 2.08 bits per heavy atom. The maximum Gasteiger partial charge on any atom is 0.248 e. The van der Waals surface area contributed by atoms with Gasteiger partial charge in [0.1, 0.15) is 0 Å². The number of hydrogen-bond donors (Lipinski definition) is 2. The Bertz CT molecular complexity index is 874. The van der Waals surface area contributed by atoms with Crippen molar-refractivity contribution in [3.8, 4) is 0 Å². The standard InChI is InChI=1S/C21H17ClN2O/c22-20-9-5-4-6-16(20)10-15-21(25)24-19-13-11-18(12-14-19)23-17-7-2-1-3-8-17/h1-15,23H,(H,24,25). The van der Waals surface area contributed by atoms with Crippen LogP contribution in [0.3, 0.4) is 0 Å². The van der Waals surface area contributed by atoms with E-state index < -0.39 is 0 Å². The van der Waals surface area contributed by atoms with Gasteiger partial charge in [0.25, 0.3) is 0 Å². The molecule has 3 nitrogen and oxygen atoms in total. The van der Waals surface area contributed by atoms with Gasteiger partial charge in [0.05, 0.1) is 0 Å². The van der Waals surface area contributed by atoms with Crippen molar-refractivity contribution in [1.82, 2.24) is 0 Å². The van der Waals surface area contributed by atoms with Crippen molar-refractivity contribution >= 4 is 40.6 Å². The zero-order valence-corrected chi connectivity index (χ0v) is 14.2. The lowest BCUT2D eigenvalue weighted by Gasteiger charge is -2.07. The van der Waals surface area contributed by atoms with Crippen molar-refractivity contribution in [1.29, 1.82) is 0 Å². The van der Waals surface area contributed by atoms with E-state index in [1.54, 1.807) is 12.1 Å². The maximum absolute atomic E-state index is 12.0. The number of nitrogens with one attached hydrogen (secondary N) is 2. The summed E-state index contributed by atoms with van der Waals surface area (Å²) in [5.74, 6) is -0.205. The van der Waals surface area contributed by atoms with Gasteiger partial charge >= 0.3 is 0 Å². The van der Waals surface area contributed by atoms with E-state index in [4.69, 9.17) is 11.6 Å². The average molecular weight is 349 g/mol. The third-order valence-electron chi connectivity index (χ3n) is 3.53. The molecule has 0 aliphatic carbocycles. The molecule has 3 rings (SSSR count). The SMILES string of the molecule is O=C(C=Cc1ccccc1Cl)Nc1ccc(Nc2ccccc2)cc1. The third kappa shape index (κ3) is 4.96. The van der Waals surface area contributed by atoms with Crippen LogP contribution in [0.5, 0.6) is 0 Å². The normalized spacial score (nSPS) is 10.6. The van der Waals surface area contributed by atoms with Gasteiger partial charge in [0.15, 0.2) is 0 Å². The fraction of sp³-hybridized carbons (Fsp3) is 0. The molecular weight excluding hydrogens is 332 g/mol. The molecule has 0 saturated heterocycles. The molecule has 0 aliphatic rings. The van der Waals surface area contributed by atoms with E-state index in [9.17, 15) is 4.79 Å². The van der Waals surface area contributed by atoms with Crippen LogP contribution in [0, 0.1) is 0 Å². The van der Waals surface area contributed by atoms with Crippen LogP contribution in [0.1, 0.15) is 5.56 Å². The molecule has 0 bridgehead atoms. The molecule has 0 aliphatic heterocycles. The number of anilines is 3. The van der Waals surface area contributed by atoms with Crippen molar-refractivity contribution in [2.45, 2.75) is 0 Å². The molecule has 4 heteroatoms. The van der Waals surface area contributed by atoms with E-state index in [0.29, 0.717) is 5.02 Å². The van der Waals surface area contributed by atoms with Crippen LogP contribution >= 0.6 is 11.6 Å². The molecule has 0 aromatic heterocycles. The smallest absolute Gasteiger partial charge is 0.248 e. The molecular formula is C21H17ClN2O. The molecule has 0 spiro atoms. The molecule has 0 heterocycles. The van der Waals surface area contributed by atoms with Gasteiger partial charge in [-0.05, 0) is 54.1 Å². The average Bonchev–Trinajstić information content (AvgIpc) is 2.64. The summed E-state index contributed by atoms with van der Waals surface area (Å²) >= 11 is 6.06. The van der Waals surface area contributed by atoms with Gasteiger partial charge in [-0.15, -0.1) is 0 Å². The highest BCUT2D eigenvalue weighted by molar-refractivity contribution is 6.32. The number of carbonyl (C=O) groups excluding carboxylic acids is 1. The summed E-state index contributed by atoms with van der Waals surface area (Å²) in [4.78, 5) is 12.0. The number of rotatable bonds is 5. The summed E-state index contributed by atoms with van der Waals surface area (Å²) in [5.41, 5.74) is 3.51. The maximum atomic E-state index is 12.0. The molecule has 25 heavy (non-hydrogen) atoms. The predicted molar refractivity (Wildman–Crippen MR) is 105 cm³/mol. The van der Waals surface area contributed by atoms with Crippen LogP contribution < -0.4 is 10.6 Å². The second-order valence-electron chi connectivity index (χ2n) is 5.41. The summed E-state index contributed by atoms with van der Waals surface area (Å²) in [6, 6.07) is 24.8. The summed E-state index contributed by atoms with van der Waals surface area (Å²) in [7, 11) is 0. The molecule has 3 aromatic rings. The second-order valence-corrected chi connectivity index (χ2v) is 5.82. The van der Waals surface area contributed by atoms with E-state index >= 15 is 0 Å². The number of para-hydroxylation sites is 1. The third-order valence-corrected chi connectivity index (χ3v) is 3.88. The van der Waals surface area contributed by atoms with Crippen LogP contribution in [0.2, 0.25) is 5.02 Å². The first-order valence-corrected chi connectivity index (χ1v) is 8.24. The number of hydrogen-bond acceptors (Lipinski definition) is 2. The van der Waals surface area contributed by atoms with Crippen molar-refractivity contribution in [3.63, 3.8) is 0 Å². The first-order chi connectivity index (χ1) is 12.2. The van der Waals surface area contributed by atoms with Crippen molar-refractivity contribution in [3.05, 3.63) is 95.5 Å². The van der Waals surface area contributed by atoms with E-state index in [-0.39, 0.29) is 5.91 Å². The topological polar surface area (TPSA) is 41.1 Å². The Morgan fingerprint density at radius 2 is 1.36 bits per heavy atom. The lowest BCUT2D eigenvalue weighted by Crippen LogP contribution is -2.07. The second kappa shape index (κ2) is 8.18. The van der Waals surface area contributed by atoms with Gasteiger partial charge in [0, 0.05) is 28.2 Å². The van der Waals surface area contributed by atoms with Gasteiger partial charge in [-0.25, -0.2) is 0 Å². The van der Waals surface area contributed by atoms with Crippen LogP contribution in [0.25, 0.3) is 6.08 Å². The summed E-state index contributed by atoms with van der Waals surface area (Å²) < 4.78 is 0. The molecule has 3 aromatic carbocycles. The largest absolute Gasteiger partial charge is 0.356 e. The Morgan fingerprint density at radius 1 is 0.760 bits per heavy atom. The number of benzene rings is 3. The Kier molecular flexibility index (Phi) is 5.50. The molecule has 0 radical (unpaired) electrons. The number of carbonyl (C=O) groups is 1. The quantitative estimate of drug-likeness (QED) is 0.577. The van der Waals surface area contributed by atoms with Gasteiger partial charge < -0.3 is 10.6 Å². The van der Waals surface area contributed by atoms with Crippen LogP contribution in [-0.2, 0) is 4.79 Å². The Balaban J connectivity index is 1.59. The minimum atomic E-state index is -0.205. The minimum absolute atomic E-state index is 0.205. The molecule has 2 N–H and O–H groups in total. The molecule has 0 saturated carbocycles. The predicted octanol–water partition coefficient (Wildman–Crippen LogP) is 5.74. The number of amides is 1. The number of halogens is 1. The van der Waals surface area contributed by atoms with E-state index in [1.807, 2.05) is 72.8 Å². The van der Waals surface area contributed by atoms with Crippen molar-refractivity contribution < 1.29 is 4.79 Å². The molecule has 124 valence electrons. The van der Waals surface area contributed by atoms with Crippen molar-refractivity contribution in [2.24, 2.45) is 0 Å². The highest BCUT2D eigenvalue weighted by Crippen LogP contribution is 2.19. The van der Waals surface area contributed by atoms with Crippen molar-refractivity contribution in [2.75, 3.05) is 10.6 Å². The zero-order chi connectivity index (χ0) is 17.5. The fourth-order valence-electron chi connectivity index (χ4n) is 2.28. The van der Waals surface area contributed by atoms with Gasteiger partial charge in [0.2, 0.25) is 5.91 Å². The van der Waals surface area contributed by atoms with E-state index in [1.165, 1.54) is 6.08 Å². The first-order valence-electron chi connectivity index (χ1n) is 7.86. The van der Waals surface area contributed by atoms with Gasteiger partial charge in [-0.2, -0.15) is 0 Å². The van der Waals surface area contributed by atoms with Crippen LogP contribution in [-0.4, -0.2) is 5.91 Å². The van der Waals surface area contributed by atoms with E-state index in [2.05, 4.69) is 10.6 Å². The Labute approximate surface area is 152 Å². The fourth-order valence-corrected chi connectivity index (χ4v) is 2.48. The molecule has 0 unspecified atom stereocenters. The minimum Gasteiger partial charge on any atom is -0.356 e. The van der Waals surface area contributed by atoms with Crippen LogP contribution in [0.4, 0.5) is 17.1 Å². The summed E-state index contributed by atoms with van der Waals surface area (Å²) in [6.45, 7) is 0. The van der Waals surface area contributed by atoms with Gasteiger partial charge in [-0.3, -0.25) is 4.79 Å². The highest BCUT2D eigenvalue weighted by Gasteiger charge is 2.00. The summed E-state index contributed by atoms with van der Waals surface area (Å²) in [6.07, 6.45) is 3.17. The first kappa shape index (κ1) is 16.8. The molecule has 0 fully saturated rings. The van der Waals surface area contributed by atoms with Crippen LogP contribution in [0.15, 0.2) is 84.9 Å². The van der Waals surface area contributed by atoms with E-state index in [0.717, 1.165) is 22.6 Å². The highest BCUT2D eigenvalue weighted by atomic mass is 35.5. The molecule has 1 amide bonds. The summed E-state index contributed by atoms with van der Waals surface area (Å²) in [5, 5.41) is 6.74.